The number of furan rings is 1. The van der Waals surface area contributed by atoms with E-state index < -0.39 is 0 Å². The topological polar surface area (TPSA) is 39.4 Å². The molecule has 0 radical (unpaired) electrons. The molecule has 1 aliphatic rings. The molecule has 0 N–H and O–H groups in total. The van der Waals surface area contributed by atoms with Crippen LogP contribution < -0.4 is 0 Å². The van der Waals surface area contributed by atoms with E-state index in [4.69, 9.17) is 9.15 Å². The highest BCUT2D eigenvalue weighted by Gasteiger charge is 2.21. The maximum absolute atomic E-state index is 12.0. The van der Waals surface area contributed by atoms with Crippen LogP contribution in [0.2, 0.25) is 0 Å². The Morgan fingerprint density at radius 1 is 1.17 bits per heavy atom. The minimum absolute atomic E-state index is 0.0689. The van der Waals surface area contributed by atoms with Gasteiger partial charge in [0, 0.05) is 5.39 Å². The summed E-state index contributed by atoms with van der Waals surface area (Å²) >= 11 is 0. The highest BCUT2D eigenvalue weighted by molar-refractivity contribution is 5.92. The lowest BCUT2D eigenvalue weighted by molar-refractivity contribution is 0.0179. The molecular formula is C15H16O3. The monoisotopic (exact) mass is 244 g/mol. The second-order valence-electron chi connectivity index (χ2n) is 4.81. The molecule has 0 aliphatic heterocycles. The van der Waals surface area contributed by atoms with Crippen LogP contribution in [0.5, 0.6) is 0 Å². The summed E-state index contributed by atoms with van der Waals surface area (Å²) in [6.45, 7) is 0. The normalized spacial score (nSPS) is 16.9. The minimum Gasteiger partial charge on any atom is -0.457 e. The van der Waals surface area contributed by atoms with Crippen molar-refractivity contribution in [2.45, 2.75) is 38.2 Å². The average Bonchev–Trinajstić information content (AvgIpc) is 2.84. The largest absolute Gasteiger partial charge is 0.457 e. The van der Waals surface area contributed by atoms with Crippen LogP contribution in [-0.2, 0) is 4.74 Å². The quantitative estimate of drug-likeness (QED) is 0.751. The van der Waals surface area contributed by atoms with Crippen LogP contribution in [0, 0.1) is 0 Å². The van der Waals surface area contributed by atoms with Gasteiger partial charge < -0.3 is 9.15 Å². The molecule has 1 aromatic carbocycles. The van der Waals surface area contributed by atoms with E-state index in [0.717, 1.165) is 36.7 Å². The van der Waals surface area contributed by atoms with Crippen molar-refractivity contribution in [1.29, 1.82) is 0 Å². The zero-order chi connectivity index (χ0) is 12.4. The first kappa shape index (κ1) is 11.3. The number of fused-ring (bicyclic) bond motifs is 1. The third-order valence-corrected chi connectivity index (χ3v) is 3.45. The van der Waals surface area contributed by atoms with Crippen LogP contribution in [-0.4, -0.2) is 12.1 Å². The van der Waals surface area contributed by atoms with Crippen LogP contribution in [0.15, 0.2) is 34.7 Å². The Bertz CT molecular complexity index is 517. The smallest absolute Gasteiger partial charge is 0.374 e. The first-order valence-electron chi connectivity index (χ1n) is 6.52. The Morgan fingerprint density at radius 2 is 1.94 bits per heavy atom. The number of hydrogen-bond acceptors (Lipinski definition) is 3. The van der Waals surface area contributed by atoms with Gasteiger partial charge in [0.25, 0.3) is 0 Å². The van der Waals surface area contributed by atoms with Gasteiger partial charge in [-0.1, -0.05) is 24.6 Å². The first-order valence-corrected chi connectivity index (χ1v) is 6.52. The number of carbonyl (C=O) groups is 1. The van der Waals surface area contributed by atoms with Gasteiger partial charge in [-0.05, 0) is 37.8 Å². The molecule has 0 atom stereocenters. The minimum atomic E-state index is -0.335. The molecular weight excluding hydrogens is 228 g/mol. The van der Waals surface area contributed by atoms with E-state index in [2.05, 4.69) is 0 Å². The van der Waals surface area contributed by atoms with Crippen molar-refractivity contribution in [1.82, 2.24) is 0 Å². The third kappa shape index (κ3) is 2.26. The molecule has 0 saturated heterocycles. The number of esters is 1. The van der Waals surface area contributed by atoms with Gasteiger partial charge in [0.2, 0.25) is 5.76 Å². The Hall–Kier alpha value is -1.77. The van der Waals surface area contributed by atoms with Crippen LogP contribution in [0.25, 0.3) is 11.0 Å². The van der Waals surface area contributed by atoms with Crippen molar-refractivity contribution in [3.8, 4) is 0 Å². The molecule has 1 fully saturated rings. The standard InChI is InChI=1S/C15H16O3/c16-15(17-12-7-2-1-3-8-12)14-10-11-6-4-5-9-13(11)18-14/h4-6,9-10,12H,1-3,7-8H2. The summed E-state index contributed by atoms with van der Waals surface area (Å²) in [5, 5.41) is 0.938. The van der Waals surface area contributed by atoms with E-state index in [1.807, 2.05) is 24.3 Å². The fourth-order valence-corrected chi connectivity index (χ4v) is 2.47. The summed E-state index contributed by atoms with van der Waals surface area (Å²) in [7, 11) is 0. The van der Waals surface area contributed by atoms with Gasteiger partial charge in [-0.25, -0.2) is 4.79 Å². The molecule has 0 amide bonds. The van der Waals surface area contributed by atoms with E-state index in [9.17, 15) is 4.79 Å². The van der Waals surface area contributed by atoms with Gasteiger partial charge in [0.15, 0.2) is 0 Å². The van der Waals surface area contributed by atoms with E-state index >= 15 is 0 Å². The van der Waals surface area contributed by atoms with Crippen molar-refractivity contribution < 1.29 is 13.9 Å². The van der Waals surface area contributed by atoms with Crippen molar-refractivity contribution in [3.63, 3.8) is 0 Å². The molecule has 0 unspecified atom stereocenters. The van der Waals surface area contributed by atoms with Crippen molar-refractivity contribution in [2.75, 3.05) is 0 Å². The van der Waals surface area contributed by atoms with E-state index in [0.29, 0.717) is 5.76 Å². The predicted molar refractivity (Wildman–Crippen MR) is 68.5 cm³/mol. The van der Waals surface area contributed by atoms with Gasteiger partial charge >= 0.3 is 5.97 Å². The zero-order valence-electron chi connectivity index (χ0n) is 10.2. The fraction of sp³-hybridized carbons (Fsp3) is 0.400. The number of carbonyl (C=O) groups excluding carboxylic acids is 1. The lowest BCUT2D eigenvalue weighted by atomic mass is 9.98. The van der Waals surface area contributed by atoms with Crippen LogP contribution in [0.3, 0.4) is 0 Å². The maximum atomic E-state index is 12.0. The molecule has 18 heavy (non-hydrogen) atoms. The SMILES string of the molecule is O=C(OC1CCCCC1)c1cc2ccccc2o1. The number of rotatable bonds is 2. The highest BCUT2D eigenvalue weighted by atomic mass is 16.6. The maximum Gasteiger partial charge on any atom is 0.374 e. The number of para-hydroxylation sites is 1. The fourth-order valence-electron chi connectivity index (χ4n) is 2.47. The Labute approximate surface area is 106 Å². The molecule has 94 valence electrons. The summed E-state index contributed by atoms with van der Waals surface area (Å²) in [6, 6.07) is 9.35. The molecule has 3 heteroatoms. The number of benzene rings is 1. The van der Waals surface area contributed by atoms with Gasteiger partial charge in [0.05, 0.1) is 0 Å². The molecule has 2 aromatic rings. The molecule has 0 spiro atoms. The van der Waals surface area contributed by atoms with Gasteiger partial charge in [0.1, 0.15) is 11.7 Å². The molecule has 1 heterocycles. The summed E-state index contributed by atoms with van der Waals surface area (Å²) in [5.41, 5.74) is 0.730. The summed E-state index contributed by atoms with van der Waals surface area (Å²) in [4.78, 5) is 12.0. The molecule has 0 bridgehead atoms. The van der Waals surface area contributed by atoms with Gasteiger partial charge in [-0.2, -0.15) is 0 Å². The van der Waals surface area contributed by atoms with Crippen LogP contribution in [0.1, 0.15) is 42.7 Å². The summed E-state index contributed by atoms with van der Waals surface area (Å²) in [6.07, 6.45) is 5.58. The Balaban J connectivity index is 1.74. The first-order chi connectivity index (χ1) is 8.83. The molecule has 1 aromatic heterocycles. The molecule has 1 saturated carbocycles. The van der Waals surface area contributed by atoms with E-state index in [1.165, 1.54) is 6.42 Å². The van der Waals surface area contributed by atoms with Crippen molar-refractivity contribution >= 4 is 16.9 Å². The summed E-state index contributed by atoms with van der Waals surface area (Å²) in [5.74, 6) is -0.0279. The Morgan fingerprint density at radius 3 is 2.72 bits per heavy atom. The summed E-state index contributed by atoms with van der Waals surface area (Å²) < 4.78 is 11.0. The average molecular weight is 244 g/mol. The van der Waals surface area contributed by atoms with Crippen molar-refractivity contribution in [3.05, 3.63) is 36.1 Å². The second-order valence-corrected chi connectivity index (χ2v) is 4.81. The molecule has 3 rings (SSSR count). The van der Waals surface area contributed by atoms with E-state index in [1.54, 1.807) is 6.07 Å². The van der Waals surface area contributed by atoms with Crippen LogP contribution in [0.4, 0.5) is 0 Å². The van der Waals surface area contributed by atoms with Gasteiger partial charge in [-0.15, -0.1) is 0 Å². The molecule has 3 nitrogen and oxygen atoms in total. The number of ether oxygens (including phenoxy) is 1. The Kier molecular flexibility index (Phi) is 3.05. The van der Waals surface area contributed by atoms with Crippen LogP contribution >= 0.6 is 0 Å². The zero-order valence-corrected chi connectivity index (χ0v) is 10.2. The third-order valence-electron chi connectivity index (χ3n) is 3.45. The molecule has 1 aliphatic carbocycles. The van der Waals surface area contributed by atoms with Crippen molar-refractivity contribution in [2.24, 2.45) is 0 Å². The highest BCUT2D eigenvalue weighted by Crippen LogP contribution is 2.23. The number of hydrogen-bond donors (Lipinski definition) is 0. The lowest BCUT2D eigenvalue weighted by Crippen LogP contribution is -2.20. The lowest BCUT2D eigenvalue weighted by Gasteiger charge is -2.21. The van der Waals surface area contributed by atoms with Gasteiger partial charge in [-0.3, -0.25) is 0 Å². The van der Waals surface area contributed by atoms with E-state index in [-0.39, 0.29) is 12.1 Å². The predicted octanol–water partition coefficient (Wildman–Crippen LogP) is 3.92. The second kappa shape index (κ2) is 4.84.